The molecule has 3 heterocycles. The van der Waals surface area contributed by atoms with Crippen molar-refractivity contribution in [1.82, 2.24) is 14.5 Å². The lowest BCUT2D eigenvalue weighted by molar-refractivity contribution is -0.133. The number of hydrogen-bond donors (Lipinski definition) is 1. The van der Waals surface area contributed by atoms with E-state index >= 15 is 0 Å². The summed E-state index contributed by atoms with van der Waals surface area (Å²) in [5.41, 5.74) is 0.620. The minimum atomic E-state index is -0.183. The highest BCUT2D eigenvalue weighted by atomic mass is 35.5. The summed E-state index contributed by atoms with van der Waals surface area (Å²) < 4.78 is 1.47. The molecule has 1 aliphatic heterocycles. The SMILES string of the molecule is O=C(Cn1c(=O)sc2ncc(Cl)cc21)N1CCC(CCCCO)CC1. The van der Waals surface area contributed by atoms with Crippen LogP contribution in [0.4, 0.5) is 0 Å². The van der Waals surface area contributed by atoms with Gasteiger partial charge in [0.1, 0.15) is 11.4 Å². The predicted octanol–water partition coefficient (Wildman–Crippen LogP) is 2.51. The van der Waals surface area contributed by atoms with Crippen molar-refractivity contribution in [2.45, 2.75) is 38.6 Å². The number of aliphatic hydroxyl groups excluding tert-OH is 1. The minimum absolute atomic E-state index is 0.0319. The highest BCUT2D eigenvalue weighted by Gasteiger charge is 2.23. The van der Waals surface area contributed by atoms with E-state index in [1.165, 1.54) is 10.8 Å². The third-order valence-corrected chi connectivity index (χ3v) is 5.88. The van der Waals surface area contributed by atoms with Crippen LogP contribution in [-0.4, -0.2) is 45.2 Å². The Morgan fingerprint density at radius 3 is 2.84 bits per heavy atom. The van der Waals surface area contributed by atoms with E-state index in [1.807, 2.05) is 4.90 Å². The third-order valence-electron chi connectivity index (χ3n) is 4.78. The van der Waals surface area contributed by atoms with Gasteiger partial charge in [-0.15, -0.1) is 0 Å². The van der Waals surface area contributed by atoms with Gasteiger partial charge in [0.05, 0.1) is 10.5 Å². The fourth-order valence-corrected chi connectivity index (χ4v) is 4.29. The molecule has 0 saturated carbocycles. The molecule has 6 nitrogen and oxygen atoms in total. The fourth-order valence-electron chi connectivity index (χ4n) is 3.33. The molecule has 1 saturated heterocycles. The first-order chi connectivity index (χ1) is 12.1. The van der Waals surface area contributed by atoms with Crippen molar-refractivity contribution in [3.63, 3.8) is 0 Å². The number of likely N-dealkylation sites (tertiary alicyclic amines) is 1. The summed E-state index contributed by atoms with van der Waals surface area (Å²) in [7, 11) is 0. The quantitative estimate of drug-likeness (QED) is 0.777. The minimum Gasteiger partial charge on any atom is -0.396 e. The zero-order valence-electron chi connectivity index (χ0n) is 14.0. The monoisotopic (exact) mass is 383 g/mol. The second kappa shape index (κ2) is 8.29. The van der Waals surface area contributed by atoms with Crippen LogP contribution in [0.25, 0.3) is 10.3 Å². The highest BCUT2D eigenvalue weighted by molar-refractivity contribution is 7.16. The molecule has 3 rings (SSSR count). The van der Waals surface area contributed by atoms with Crippen LogP contribution in [0.3, 0.4) is 0 Å². The van der Waals surface area contributed by atoms with Gasteiger partial charge >= 0.3 is 4.87 Å². The number of aromatic nitrogens is 2. The van der Waals surface area contributed by atoms with Gasteiger partial charge in [-0.3, -0.25) is 14.2 Å². The number of piperidine rings is 1. The Kier molecular flexibility index (Phi) is 6.09. The van der Waals surface area contributed by atoms with Gasteiger partial charge in [0.15, 0.2) is 0 Å². The molecule has 1 amide bonds. The van der Waals surface area contributed by atoms with Crippen LogP contribution in [0.1, 0.15) is 32.1 Å². The number of unbranched alkanes of at least 4 members (excludes halogenated alkanes) is 1. The first-order valence-electron chi connectivity index (χ1n) is 8.62. The first kappa shape index (κ1) is 18.4. The van der Waals surface area contributed by atoms with E-state index in [2.05, 4.69) is 4.98 Å². The fraction of sp³-hybridized carbons (Fsp3) is 0.588. The number of pyridine rings is 1. The maximum atomic E-state index is 12.6. The number of rotatable bonds is 6. The predicted molar refractivity (Wildman–Crippen MR) is 99.1 cm³/mol. The molecule has 1 aliphatic rings. The van der Waals surface area contributed by atoms with Crippen molar-refractivity contribution in [1.29, 1.82) is 0 Å². The molecule has 0 unspecified atom stereocenters. The smallest absolute Gasteiger partial charge is 0.310 e. The molecule has 0 bridgehead atoms. The number of amides is 1. The van der Waals surface area contributed by atoms with Crippen LogP contribution in [-0.2, 0) is 11.3 Å². The van der Waals surface area contributed by atoms with Gasteiger partial charge in [-0.25, -0.2) is 4.98 Å². The first-order valence-corrected chi connectivity index (χ1v) is 9.81. The average molecular weight is 384 g/mol. The molecule has 2 aromatic heterocycles. The topological polar surface area (TPSA) is 75.4 Å². The number of hydrogen-bond acceptors (Lipinski definition) is 5. The molecule has 0 atom stereocenters. The number of fused-ring (bicyclic) bond motifs is 1. The maximum Gasteiger partial charge on any atom is 0.310 e. The Balaban J connectivity index is 1.61. The molecule has 136 valence electrons. The normalized spacial score (nSPS) is 15.8. The van der Waals surface area contributed by atoms with Crippen molar-refractivity contribution >= 4 is 39.2 Å². The number of thiazole rings is 1. The van der Waals surface area contributed by atoms with Crippen molar-refractivity contribution in [3.05, 3.63) is 27.0 Å². The lowest BCUT2D eigenvalue weighted by Crippen LogP contribution is -2.41. The van der Waals surface area contributed by atoms with E-state index in [0.717, 1.165) is 56.5 Å². The second-order valence-electron chi connectivity index (χ2n) is 6.48. The lowest BCUT2D eigenvalue weighted by Gasteiger charge is -2.32. The number of halogens is 1. The van der Waals surface area contributed by atoms with Gasteiger partial charge in [-0.2, -0.15) is 0 Å². The zero-order valence-corrected chi connectivity index (χ0v) is 15.6. The maximum absolute atomic E-state index is 12.6. The Labute approximate surface area is 155 Å². The molecule has 8 heteroatoms. The zero-order chi connectivity index (χ0) is 17.8. The van der Waals surface area contributed by atoms with Crippen molar-refractivity contribution in [2.75, 3.05) is 19.7 Å². The third kappa shape index (κ3) is 4.40. The van der Waals surface area contributed by atoms with E-state index in [1.54, 1.807) is 6.07 Å². The van der Waals surface area contributed by atoms with E-state index in [-0.39, 0.29) is 23.9 Å². The summed E-state index contributed by atoms with van der Waals surface area (Å²) in [6.45, 7) is 1.76. The van der Waals surface area contributed by atoms with Crippen LogP contribution < -0.4 is 4.87 Å². The van der Waals surface area contributed by atoms with Crippen LogP contribution in [0, 0.1) is 5.92 Å². The van der Waals surface area contributed by atoms with Gasteiger partial charge in [0, 0.05) is 25.9 Å². The molecule has 0 aromatic carbocycles. The second-order valence-corrected chi connectivity index (χ2v) is 7.85. The Morgan fingerprint density at radius 2 is 2.12 bits per heavy atom. The molecule has 0 aliphatic carbocycles. The lowest BCUT2D eigenvalue weighted by atomic mass is 9.91. The Morgan fingerprint density at radius 1 is 1.36 bits per heavy atom. The number of carbonyl (C=O) groups excluding carboxylic acids is 1. The Hall–Kier alpha value is -1.44. The molecule has 2 aromatic rings. The van der Waals surface area contributed by atoms with Gasteiger partial charge in [-0.05, 0) is 31.2 Å². The number of carbonyl (C=O) groups is 1. The summed E-state index contributed by atoms with van der Waals surface area (Å²) in [4.78, 5) is 31.2. The summed E-state index contributed by atoms with van der Waals surface area (Å²) in [6, 6.07) is 1.68. The number of aliphatic hydroxyl groups is 1. The van der Waals surface area contributed by atoms with Gasteiger partial charge < -0.3 is 10.0 Å². The van der Waals surface area contributed by atoms with Crippen LogP contribution in [0.5, 0.6) is 0 Å². The van der Waals surface area contributed by atoms with Gasteiger partial charge in [-0.1, -0.05) is 35.8 Å². The number of nitrogens with zero attached hydrogens (tertiary/aromatic N) is 3. The van der Waals surface area contributed by atoms with Crippen molar-refractivity contribution in [3.8, 4) is 0 Å². The summed E-state index contributed by atoms with van der Waals surface area (Å²) in [6.07, 6.45) is 6.49. The standard InChI is InChI=1S/C17H22ClN3O3S/c18-13-9-14-16(19-10-13)25-17(24)21(14)11-15(23)20-6-4-12(5-7-20)3-1-2-8-22/h9-10,12,22H,1-8,11H2. The molecule has 25 heavy (non-hydrogen) atoms. The molecule has 1 fully saturated rings. The molecular formula is C17H22ClN3O3S. The Bertz CT molecular complexity index is 796. The van der Waals surface area contributed by atoms with Crippen molar-refractivity contribution in [2.24, 2.45) is 5.92 Å². The van der Waals surface area contributed by atoms with Crippen LogP contribution in [0.2, 0.25) is 5.02 Å². The molecular weight excluding hydrogens is 362 g/mol. The van der Waals surface area contributed by atoms with Crippen molar-refractivity contribution < 1.29 is 9.90 Å². The molecule has 1 N–H and O–H groups in total. The largest absolute Gasteiger partial charge is 0.396 e. The summed E-state index contributed by atoms with van der Waals surface area (Å²) in [5, 5.41) is 9.31. The summed E-state index contributed by atoms with van der Waals surface area (Å²) in [5.74, 6) is 0.596. The van der Waals surface area contributed by atoms with E-state index < -0.39 is 0 Å². The summed E-state index contributed by atoms with van der Waals surface area (Å²) >= 11 is 7.00. The van der Waals surface area contributed by atoms with E-state index in [0.29, 0.717) is 21.3 Å². The van der Waals surface area contributed by atoms with Gasteiger partial charge in [0.2, 0.25) is 5.91 Å². The molecule has 0 spiro atoms. The van der Waals surface area contributed by atoms with Gasteiger partial charge in [0.25, 0.3) is 0 Å². The van der Waals surface area contributed by atoms with Crippen LogP contribution >= 0.6 is 22.9 Å². The van der Waals surface area contributed by atoms with E-state index in [9.17, 15) is 9.59 Å². The molecule has 0 radical (unpaired) electrons. The van der Waals surface area contributed by atoms with E-state index in [4.69, 9.17) is 16.7 Å². The highest BCUT2D eigenvalue weighted by Crippen LogP contribution is 2.23. The average Bonchev–Trinajstić information content (AvgIpc) is 2.91. The van der Waals surface area contributed by atoms with Crippen LogP contribution in [0.15, 0.2) is 17.1 Å².